The lowest BCUT2D eigenvalue weighted by molar-refractivity contribution is 0.628. The molecule has 0 aliphatic rings. The normalized spacial score (nSPS) is 12.5. The minimum atomic E-state index is -0.342. The molecule has 1 N–H and O–H groups in total. The topological polar surface area (TPSA) is 29.9 Å². The second-order valence-corrected chi connectivity index (χ2v) is 4.29. The van der Waals surface area contributed by atoms with Crippen molar-refractivity contribution in [1.82, 2.24) is 9.55 Å². The molecule has 0 saturated heterocycles. The van der Waals surface area contributed by atoms with Crippen LogP contribution in [0.2, 0.25) is 5.02 Å². The number of imidazole rings is 1. The summed E-state index contributed by atoms with van der Waals surface area (Å²) in [4.78, 5) is 4.24. The van der Waals surface area contributed by atoms with E-state index in [9.17, 15) is 4.39 Å². The molecule has 0 saturated carbocycles. The highest BCUT2D eigenvalue weighted by Gasteiger charge is 2.11. The second kappa shape index (κ2) is 4.75. The van der Waals surface area contributed by atoms with Gasteiger partial charge in [-0.05, 0) is 25.1 Å². The molecular formula is C12H13ClFN3. The van der Waals surface area contributed by atoms with Crippen molar-refractivity contribution in [1.29, 1.82) is 0 Å². The van der Waals surface area contributed by atoms with Gasteiger partial charge in [-0.1, -0.05) is 11.6 Å². The van der Waals surface area contributed by atoms with E-state index in [4.69, 9.17) is 11.6 Å². The van der Waals surface area contributed by atoms with Gasteiger partial charge in [0, 0.05) is 19.4 Å². The Hall–Kier alpha value is -1.55. The van der Waals surface area contributed by atoms with Gasteiger partial charge < -0.3 is 9.88 Å². The molecular weight excluding hydrogens is 241 g/mol. The van der Waals surface area contributed by atoms with Crippen molar-refractivity contribution >= 4 is 17.3 Å². The van der Waals surface area contributed by atoms with Crippen LogP contribution in [-0.2, 0) is 7.05 Å². The molecule has 0 aliphatic heterocycles. The number of aryl methyl sites for hydroxylation is 1. The summed E-state index contributed by atoms with van der Waals surface area (Å²) in [6.45, 7) is 1.97. The van der Waals surface area contributed by atoms with Gasteiger partial charge in [-0.15, -0.1) is 0 Å². The molecule has 17 heavy (non-hydrogen) atoms. The summed E-state index contributed by atoms with van der Waals surface area (Å²) in [5.74, 6) is 0.551. The van der Waals surface area contributed by atoms with E-state index in [2.05, 4.69) is 10.3 Å². The first-order valence-electron chi connectivity index (χ1n) is 5.26. The maximum absolute atomic E-state index is 12.9. The summed E-state index contributed by atoms with van der Waals surface area (Å²) in [6.07, 6.45) is 3.61. The summed E-state index contributed by atoms with van der Waals surface area (Å²) in [5, 5.41) is 3.57. The molecule has 2 aromatic rings. The van der Waals surface area contributed by atoms with Crippen molar-refractivity contribution in [2.45, 2.75) is 13.0 Å². The van der Waals surface area contributed by atoms with Crippen molar-refractivity contribution < 1.29 is 4.39 Å². The Labute approximate surface area is 104 Å². The zero-order chi connectivity index (χ0) is 12.4. The number of halogens is 2. The van der Waals surface area contributed by atoms with Gasteiger partial charge in [-0.2, -0.15) is 0 Å². The van der Waals surface area contributed by atoms with E-state index in [1.54, 1.807) is 12.3 Å². The van der Waals surface area contributed by atoms with E-state index in [0.29, 0.717) is 10.7 Å². The summed E-state index contributed by atoms with van der Waals surface area (Å²) >= 11 is 5.95. The monoisotopic (exact) mass is 253 g/mol. The molecule has 2 rings (SSSR count). The van der Waals surface area contributed by atoms with Crippen LogP contribution in [0.15, 0.2) is 30.6 Å². The molecule has 0 aliphatic carbocycles. The van der Waals surface area contributed by atoms with Crippen molar-refractivity contribution in [2.24, 2.45) is 7.05 Å². The lowest BCUT2D eigenvalue weighted by atomic mass is 10.2. The van der Waals surface area contributed by atoms with Crippen LogP contribution in [-0.4, -0.2) is 9.55 Å². The fourth-order valence-electron chi connectivity index (χ4n) is 1.70. The van der Waals surface area contributed by atoms with Gasteiger partial charge in [0.25, 0.3) is 0 Å². The van der Waals surface area contributed by atoms with Gasteiger partial charge in [-0.3, -0.25) is 0 Å². The first kappa shape index (κ1) is 11.9. The van der Waals surface area contributed by atoms with E-state index in [-0.39, 0.29) is 11.9 Å². The molecule has 1 heterocycles. The van der Waals surface area contributed by atoms with Crippen LogP contribution in [0.5, 0.6) is 0 Å². The number of benzene rings is 1. The highest BCUT2D eigenvalue weighted by atomic mass is 35.5. The summed E-state index contributed by atoms with van der Waals surface area (Å²) in [6, 6.07) is 4.28. The zero-order valence-corrected chi connectivity index (χ0v) is 10.4. The number of hydrogen-bond donors (Lipinski definition) is 1. The van der Waals surface area contributed by atoms with E-state index in [1.165, 1.54) is 12.1 Å². The zero-order valence-electron chi connectivity index (χ0n) is 9.61. The van der Waals surface area contributed by atoms with Crippen molar-refractivity contribution in [3.63, 3.8) is 0 Å². The third-order valence-corrected chi connectivity index (χ3v) is 2.86. The Kier molecular flexibility index (Phi) is 3.33. The SMILES string of the molecule is CC(Nc1ccc(F)cc1Cl)c1nccn1C. The summed E-state index contributed by atoms with van der Waals surface area (Å²) < 4.78 is 14.8. The summed E-state index contributed by atoms with van der Waals surface area (Å²) in [5.41, 5.74) is 0.698. The molecule has 5 heteroatoms. The van der Waals surface area contributed by atoms with Crippen molar-refractivity contribution in [2.75, 3.05) is 5.32 Å². The van der Waals surface area contributed by atoms with Crippen LogP contribution in [0.1, 0.15) is 18.8 Å². The Morgan fingerprint density at radius 3 is 2.82 bits per heavy atom. The standard InChI is InChI=1S/C12H13ClFN3/c1-8(12-15-5-6-17(12)2)16-11-4-3-9(14)7-10(11)13/h3-8,16H,1-2H3. The maximum atomic E-state index is 12.9. The first-order chi connectivity index (χ1) is 8.08. The number of anilines is 1. The second-order valence-electron chi connectivity index (χ2n) is 3.89. The maximum Gasteiger partial charge on any atom is 0.130 e. The van der Waals surface area contributed by atoms with E-state index < -0.39 is 0 Å². The Balaban J connectivity index is 2.19. The average molecular weight is 254 g/mol. The van der Waals surface area contributed by atoms with Gasteiger partial charge in [0.05, 0.1) is 16.8 Å². The van der Waals surface area contributed by atoms with Gasteiger partial charge in [0.1, 0.15) is 11.6 Å². The lowest BCUT2D eigenvalue weighted by Gasteiger charge is -2.16. The molecule has 0 spiro atoms. The van der Waals surface area contributed by atoms with Crippen molar-refractivity contribution in [3.05, 3.63) is 47.3 Å². The quantitative estimate of drug-likeness (QED) is 0.909. The van der Waals surface area contributed by atoms with Gasteiger partial charge in [-0.25, -0.2) is 9.37 Å². The molecule has 90 valence electrons. The molecule has 0 bridgehead atoms. The average Bonchev–Trinajstić information content (AvgIpc) is 2.68. The van der Waals surface area contributed by atoms with E-state index in [0.717, 1.165) is 5.82 Å². The third kappa shape index (κ3) is 2.58. The number of rotatable bonds is 3. The molecule has 1 unspecified atom stereocenters. The van der Waals surface area contributed by atoms with Crippen LogP contribution in [0.25, 0.3) is 0 Å². The molecule has 0 fully saturated rings. The van der Waals surface area contributed by atoms with Gasteiger partial charge in [0.2, 0.25) is 0 Å². The Morgan fingerprint density at radius 1 is 1.47 bits per heavy atom. The highest BCUT2D eigenvalue weighted by Crippen LogP contribution is 2.26. The van der Waals surface area contributed by atoms with Gasteiger partial charge >= 0.3 is 0 Å². The van der Waals surface area contributed by atoms with Crippen LogP contribution in [0.4, 0.5) is 10.1 Å². The molecule has 0 radical (unpaired) electrons. The number of nitrogens with one attached hydrogen (secondary N) is 1. The van der Waals surface area contributed by atoms with Crippen LogP contribution >= 0.6 is 11.6 Å². The molecule has 0 amide bonds. The smallest absolute Gasteiger partial charge is 0.130 e. The predicted octanol–water partition coefficient (Wildman–Crippen LogP) is 3.39. The van der Waals surface area contributed by atoms with Crippen LogP contribution in [0.3, 0.4) is 0 Å². The number of hydrogen-bond acceptors (Lipinski definition) is 2. The fourth-order valence-corrected chi connectivity index (χ4v) is 1.92. The van der Waals surface area contributed by atoms with Crippen LogP contribution < -0.4 is 5.32 Å². The molecule has 3 nitrogen and oxygen atoms in total. The van der Waals surface area contributed by atoms with Crippen molar-refractivity contribution in [3.8, 4) is 0 Å². The molecule has 1 atom stereocenters. The Morgan fingerprint density at radius 2 is 2.24 bits per heavy atom. The molecule has 1 aromatic heterocycles. The number of nitrogens with zero attached hydrogens (tertiary/aromatic N) is 2. The Bertz CT molecular complexity index is 524. The van der Waals surface area contributed by atoms with Crippen LogP contribution in [0, 0.1) is 5.82 Å². The lowest BCUT2D eigenvalue weighted by Crippen LogP contribution is -2.12. The summed E-state index contributed by atoms with van der Waals surface area (Å²) in [7, 11) is 1.92. The number of aromatic nitrogens is 2. The largest absolute Gasteiger partial charge is 0.374 e. The minimum Gasteiger partial charge on any atom is -0.374 e. The minimum absolute atomic E-state index is 0.00189. The fraction of sp³-hybridized carbons (Fsp3) is 0.250. The molecule has 1 aromatic carbocycles. The first-order valence-corrected chi connectivity index (χ1v) is 5.64. The highest BCUT2D eigenvalue weighted by molar-refractivity contribution is 6.33. The third-order valence-electron chi connectivity index (χ3n) is 2.55. The van der Waals surface area contributed by atoms with E-state index >= 15 is 0 Å². The van der Waals surface area contributed by atoms with E-state index in [1.807, 2.05) is 24.7 Å². The predicted molar refractivity (Wildman–Crippen MR) is 66.7 cm³/mol. The van der Waals surface area contributed by atoms with Gasteiger partial charge in [0.15, 0.2) is 0 Å².